The van der Waals surface area contributed by atoms with Gasteiger partial charge >= 0.3 is 0 Å². The Morgan fingerprint density at radius 3 is 2.53 bits per heavy atom. The fourth-order valence-corrected chi connectivity index (χ4v) is 1.57. The molecule has 1 N–H and O–H groups in total. The first kappa shape index (κ1) is 14.8. The van der Waals surface area contributed by atoms with E-state index >= 15 is 0 Å². The van der Waals surface area contributed by atoms with Crippen molar-refractivity contribution in [2.75, 3.05) is 19.1 Å². The molecule has 1 atom stereocenters. The summed E-state index contributed by atoms with van der Waals surface area (Å²) in [7, 11) is 3.25. The molecule has 0 spiro atoms. The number of hydrogen-bond donors (Lipinski definition) is 1. The molecule has 0 saturated carbocycles. The minimum atomic E-state index is -0.738. The van der Waals surface area contributed by atoms with Crippen molar-refractivity contribution >= 4 is 18.3 Å². The summed E-state index contributed by atoms with van der Waals surface area (Å²) in [6.45, 7) is 3.72. The molecule has 0 fully saturated rings. The highest BCUT2D eigenvalue weighted by molar-refractivity contribution is 6.08. The van der Waals surface area contributed by atoms with Gasteiger partial charge in [-0.15, -0.1) is 0 Å². The number of anilines is 1. The van der Waals surface area contributed by atoms with E-state index in [1.165, 1.54) is 11.2 Å². The molecule has 1 amide bonds. The fourth-order valence-electron chi connectivity index (χ4n) is 1.57. The van der Waals surface area contributed by atoms with Crippen LogP contribution < -0.4 is 4.90 Å². The number of aromatic amines is 1. The maximum atomic E-state index is 11.9. The molecule has 1 unspecified atom stereocenters. The van der Waals surface area contributed by atoms with Gasteiger partial charge in [-0.05, 0) is 19.4 Å². The summed E-state index contributed by atoms with van der Waals surface area (Å²) in [5.41, 5.74) is 1.23. The molecule has 0 radical (unpaired) electrons. The van der Waals surface area contributed by atoms with Crippen LogP contribution in [0.2, 0.25) is 0 Å². The topological polar surface area (TPSA) is 97.4 Å². The van der Waals surface area contributed by atoms with Crippen LogP contribution in [0.15, 0.2) is 17.5 Å². The van der Waals surface area contributed by atoms with E-state index in [0.29, 0.717) is 17.6 Å². The van der Waals surface area contributed by atoms with Gasteiger partial charge in [-0.2, -0.15) is 10.1 Å². The third-order valence-corrected chi connectivity index (χ3v) is 2.55. The van der Waals surface area contributed by atoms with Crippen LogP contribution in [0.5, 0.6) is 0 Å². The smallest absolute Gasteiger partial charge is 0.295 e. The first-order valence-electron chi connectivity index (χ1n) is 5.44. The molecule has 0 saturated heterocycles. The molecule has 1 aliphatic heterocycles. The number of nitrogens with zero attached hydrogens (tertiary/aromatic N) is 3. The zero-order valence-corrected chi connectivity index (χ0v) is 11.2. The van der Waals surface area contributed by atoms with Crippen molar-refractivity contribution in [3.8, 4) is 0 Å². The lowest BCUT2D eigenvalue weighted by Gasteiger charge is -2.21. The highest BCUT2D eigenvalue weighted by atomic mass is 16.5. The molecule has 1 aromatic heterocycles. The predicted octanol–water partition coefficient (Wildman–Crippen LogP) is 0.249. The lowest BCUT2D eigenvalue weighted by atomic mass is 10.2. The summed E-state index contributed by atoms with van der Waals surface area (Å²) in [4.78, 5) is 27.4. The first-order chi connectivity index (χ1) is 9.08. The van der Waals surface area contributed by atoms with Gasteiger partial charge in [0.05, 0.1) is 0 Å². The minimum Gasteiger partial charge on any atom is -0.439 e. The summed E-state index contributed by atoms with van der Waals surface area (Å²) < 4.78 is 9.12. The van der Waals surface area contributed by atoms with Crippen LogP contribution in [-0.4, -0.2) is 48.0 Å². The van der Waals surface area contributed by atoms with Crippen LogP contribution in [0, 0.1) is 0 Å². The van der Waals surface area contributed by atoms with Gasteiger partial charge in [0.25, 0.3) is 12.4 Å². The molecule has 8 heteroatoms. The summed E-state index contributed by atoms with van der Waals surface area (Å²) in [6.07, 6.45) is 0.543. The van der Waals surface area contributed by atoms with Gasteiger partial charge in [0.15, 0.2) is 0 Å². The number of carbonyl (C=O) groups is 2. The van der Waals surface area contributed by atoms with E-state index in [-0.39, 0.29) is 11.9 Å². The third kappa shape index (κ3) is 2.97. The van der Waals surface area contributed by atoms with E-state index in [0.717, 1.165) is 0 Å². The van der Waals surface area contributed by atoms with E-state index in [1.54, 1.807) is 28.1 Å². The van der Waals surface area contributed by atoms with E-state index < -0.39 is 6.23 Å². The van der Waals surface area contributed by atoms with E-state index in [1.807, 2.05) is 0 Å². The molecule has 104 valence electrons. The number of aromatic nitrogens is 3. The summed E-state index contributed by atoms with van der Waals surface area (Å²) in [5, 5.41) is 6.21. The maximum absolute atomic E-state index is 11.9. The quantitative estimate of drug-likeness (QED) is 0.789. The van der Waals surface area contributed by atoms with Gasteiger partial charge in [0, 0.05) is 19.8 Å². The summed E-state index contributed by atoms with van der Waals surface area (Å²) in [5.74, 6) is 0.00847. The van der Waals surface area contributed by atoms with Gasteiger partial charge in [0.2, 0.25) is 12.2 Å². The molecular weight excluding hydrogens is 252 g/mol. The van der Waals surface area contributed by atoms with Crippen LogP contribution >= 0.6 is 0 Å². The van der Waals surface area contributed by atoms with E-state index in [9.17, 15) is 9.59 Å². The lowest BCUT2D eigenvalue weighted by molar-refractivity contribution is -0.132. The molecule has 0 aromatic carbocycles. The largest absolute Gasteiger partial charge is 0.439 e. The Kier molecular flexibility index (Phi) is 5.19. The number of hydrogen-bond acceptors (Lipinski definition) is 6. The van der Waals surface area contributed by atoms with Crippen LogP contribution in [0.1, 0.15) is 13.8 Å². The number of carbonyl (C=O) groups excluding carboxylic acids is 2. The van der Waals surface area contributed by atoms with Crippen LogP contribution in [-0.2, 0) is 19.1 Å². The standard InChI is InChI=1S/C9H10N4O3.C2H6O/c1-5-6(2)8(16-4-14)13(7(5)15)9-10-3-11-12-9;1-3-2/h3-4,8H,1-2H3,(H,10,11,12);1-2H3. The van der Waals surface area contributed by atoms with Crippen molar-refractivity contribution in [2.24, 2.45) is 0 Å². The molecule has 0 bridgehead atoms. The van der Waals surface area contributed by atoms with Crippen molar-refractivity contribution in [2.45, 2.75) is 20.1 Å². The molecule has 19 heavy (non-hydrogen) atoms. The number of ether oxygens (including phenoxy) is 2. The SMILES string of the molecule is CC1=C(C)C(OC=O)N(c2ncn[nH]2)C1=O.COC. The van der Waals surface area contributed by atoms with Gasteiger partial charge < -0.3 is 9.47 Å². The number of amides is 1. The second-order valence-electron chi connectivity index (χ2n) is 3.79. The third-order valence-electron chi connectivity index (χ3n) is 2.55. The fraction of sp³-hybridized carbons (Fsp3) is 0.455. The Hall–Kier alpha value is -2.22. The molecule has 2 heterocycles. The molecule has 0 aliphatic carbocycles. The predicted molar refractivity (Wildman–Crippen MR) is 66.1 cm³/mol. The van der Waals surface area contributed by atoms with Gasteiger partial charge in [0.1, 0.15) is 6.33 Å². The monoisotopic (exact) mass is 268 g/mol. The van der Waals surface area contributed by atoms with E-state index in [4.69, 9.17) is 4.74 Å². The van der Waals surface area contributed by atoms with Crippen molar-refractivity contribution in [3.63, 3.8) is 0 Å². The minimum absolute atomic E-state index is 0.249. The second kappa shape index (κ2) is 6.64. The zero-order chi connectivity index (χ0) is 14.4. The van der Waals surface area contributed by atoms with Gasteiger partial charge in [-0.1, -0.05) is 0 Å². The van der Waals surface area contributed by atoms with Crippen LogP contribution in [0.3, 0.4) is 0 Å². The number of nitrogens with one attached hydrogen (secondary N) is 1. The van der Waals surface area contributed by atoms with Crippen molar-refractivity contribution in [3.05, 3.63) is 17.5 Å². The van der Waals surface area contributed by atoms with Crippen molar-refractivity contribution in [1.82, 2.24) is 15.2 Å². The number of rotatable bonds is 3. The lowest BCUT2D eigenvalue weighted by Crippen LogP contribution is -2.38. The molecular formula is C11H16N4O4. The highest BCUT2D eigenvalue weighted by Gasteiger charge is 2.38. The van der Waals surface area contributed by atoms with Crippen molar-refractivity contribution < 1.29 is 19.1 Å². The van der Waals surface area contributed by atoms with E-state index in [2.05, 4.69) is 19.9 Å². The molecule has 1 aliphatic rings. The van der Waals surface area contributed by atoms with Crippen molar-refractivity contribution in [1.29, 1.82) is 0 Å². The number of H-pyrrole nitrogens is 1. The Labute approximate surface area is 110 Å². The maximum Gasteiger partial charge on any atom is 0.295 e. The van der Waals surface area contributed by atoms with Gasteiger partial charge in [-0.3, -0.25) is 9.59 Å². The zero-order valence-electron chi connectivity index (χ0n) is 11.2. The molecule has 2 rings (SSSR count). The second-order valence-corrected chi connectivity index (χ2v) is 3.79. The normalized spacial score (nSPS) is 18.2. The summed E-state index contributed by atoms with van der Waals surface area (Å²) in [6, 6.07) is 0. The Bertz CT molecular complexity index is 469. The van der Waals surface area contributed by atoms with Gasteiger partial charge in [-0.25, -0.2) is 10.00 Å². The highest BCUT2D eigenvalue weighted by Crippen LogP contribution is 2.28. The Morgan fingerprint density at radius 2 is 2.05 bits per heavy atom. The Morgan fingerprint density at radius 1 is 1.42 bits per heavy atom. The molecule has 8 nitrogen and oxygen atoms in total. The average molecular weight is 268 g/mol. The first-order valence-corrected chi connectivity index (χ1v) is 5.44. The number of methoxy groups -OCH3 is 1. The van der Waals surface area contributed by atoms with Crippen LogP contribution in [0.4, 0.5) is 5.95 Å². The Balaban J connectivity index is 0.000000550. The molecule has 1 aromatic rings. The average Bonchev–Trinajstić information content (AvgIpc) is 2.96. The van der Waals surface area contributed by atoms with Crippen LogP contribution in [0.25, 0.3) is 0 Å². The summed E-state index contributed by atoms with van der Waals surface area (Å²) >= 11 is 0.